The molecule has 36 heavy (non-hydrogen) atoms. The van der Waals surface area contributed by atoms with Gasteiger partial charge in [0, 0.05) is 37.1 Å². The molecule has 1 fully saturated rings. The van der Waals surface area contributed by atoms with Gasteiger partial charge in [-0.2, -0.15) is 5.10 Å². The molecule has 2 aromatic rings. The van der Waals surface area contributed by atoms with Crippen LogP contribution in [0.1, 0.15) is 57.1 Å². The molecule has 0 aliphatic carbocycles. The van der Waals surface area contributed by atoms with Crippen molar-refractivity contribution in [3.05, 3.63) is 71.2 Å². The molecule has 5 heterocycles. The van der Waals surface area contributed by atoms with Crippen LogP contribution in [0.3, 0.4) is 0 Å². The number of likely N-dealkylation sites (tertiary alicyclic amines) is 1. The second-order valence-electron chi connectivity index (χ2n) is 10.2. The van der Waals surface area contributed by atoms with Gasteiger partial charge >= 0.3 is 0 Å². The monoisotopic (exact) mass is 486 g/mol. The lowest BCUT2D eigenvalue weighted by Crippen LogP contribution is -2.44. The van der Waals surface area contributed by atoms with Gasteiger partial charge in [-0.3, -0.25) is 14.7 Å². The number of rotatable bonds is 5. The first kappa shape index (κ1) is 24.5. The lowest BCUT2D eigenvalue weighted by atomic mass is 9.92. The number of hydrogen-bond acceptors (Lipinski definition) is 5. The Hall–Kier alpha value is -3.19. The highest BCUT2D eigenvalue weighted by Crippen LogP contribution is 2.32. The largest absolute Gasteiger partial charge is 0.370 e. The fourth-order valence-corrected chi connectivity index (χ4v) is 5.80. The third kappa shape index (κ3) is 4.64. The Morgan fingerprint density at radius 3 is 2.53 bits per heavy atom. The van der Waals surface area contributed by atoms with Crippen LogP contribution in [0.2, 0.25) is 0 Å². The van der Waals surface area contributed by atoms with E-state index in [1.165, 1.54) is 0 Å². The van der Waals surface area contributed by atoms with Crippen LogP contribution in [0, 0.1) is 19.8 Å². The third-order valence-corrected chi connectivity index (χ3v) is 7.91. The van der Waals surface area contributed by atoms with Crippen LogP contribution in [0.15, 0.2) is 54.2 Å². The van der Waals surface area contributed by atoms with Crippen molar-refractivity contribution in [1.82, 2.24) is 29.3 Å². The molecule has 0 saturated carbocycles. The van der Waals surface area contributed by atoms with E-state index in [-0.39, 0.29) is 11.8 Å². The molecular weight excluding hydrogens is 448 g/mol. The normalized spacial score (nSPS) is 21.3. The molecule has 3 aliphatic heterocycles. The van der Waals surface area contributed by atoms with E-state index in [0.29, 0.717) is 6.04 Å². The van der Waals surface area contributed by atoms with Gasteiger partial charge in [-0.25, -0.2) is 4.52 Å². The minimum Gasteiger partial charge on any atom is -0.370 e. The molecule has 7 nitrogen and oxygen atoms in total. The maximum absolute atomic E-state index is 13.6. The Morgan fingerprint density at radius 1 is 1.08 bits per heavy atom. The van der Waals surface area contributed by atoms with E-state index >= 15 is 0 Å². The number of amides is 1. The zero-order valence-corrected chi connectivity index (χ0v) is 22.2. The summed E-state index contributed by atoms with van der Waals surface area (Å²) in [6.45, 7) is 14.9. The van der Waals surface area contributed by atoms with Crippen molar-refractivity contribution in [3.8, 4) is 0 Å². The number of aryl methyl sites for hydroxylation is 2. The second kappa shape index (κ2) is 10.1. The number of allylic oxidation sites excluding steroid dienone is 4. The summed E-state index contributed by atoms with van der Waals surface area (Å²) in [5.41, 5.74) is 6.74. The first-order valence-corrected chi connectivity index (χ1v) is 13.4. The molecule has 1 amide bonds. The van der Waals surface area contributed by atoms with Crippen molar-refractivity contribution in [2.24, 2.45) is 5.92 Å². The first-order chi connectivity index (χ1) is 17.4. The van der Waals surface area contributed by atoms with Crippen molar-refractivity contribution in [3.63, 3.8) is 0 Å². The lowest BCUT2D eigenvalue weighted by Gasteiger charge is -2.40. The fraction of sp³-hybridized carbons (Fsp3) is 0.483. The molecule has 0 radical (unpaired) electrons. The highest BCUT2D eigenvalue weighted by atomic mass is 16.2. The number of hydrogen-bond donors (Lipinski definition) is 0. The standard InChI is InChI=1S/C29H38N6O/c1-6-32(7-2)23-12-14-33(15-13-23)25-11-10-24-9-8-20(3)26(16-29(36)34(24)19-25)27-17-28-22(5)30-21(4)18-35(28)31-27/h9-11,16-20,23H,6-8,12-15H2,1-5H3. The summed E-state index contributed by atoms with van der Waals surface area (Å²) in [6, 6.07) is 2.71. The maximum Gasteiger partial charge on any atom is 0.255 e. The van der Waals surface area contributed by atoms with Gasteiger partial charge in [0.15, 0.2) is 0 Å². The van der Waals surface area contributed by atoms with Crippen LogP contribution in [0.5, 0.6) is 0 Å². The summed E-state index contributed by atoms with van der Waals surface area (Å²) in [5, 5.41) is 4.82. The summed E-state index contributed by atoms with van der Waals surface area (Å²) >= 11 is 0. The summed E-state index contributed by atoms with van der Waals surface area (Å²) < 4.78 is 1.88. The van der Waals surface area contributed by atoms with E-state index < -0.39 is 0 Å². The van der Waals surface area contributed by atoms with Crippen LogP contribution in [0.25, 0.3) is 11.1 Å². The zero-order chi connectivity index (χ0) is 25.4. The van der Waals surface area contributed by atoms with Gasteiger partial charge in [0.1, 0.15) is 0 Å². The molecular formula is C29H38N6O. The SMILES string of the molecule is CCN(CC)C1CCN(C2=CN3C(=O)C=C(c4cc5c(C)nc(C)cn5n4)C(C)CC=C3C=C2)CC1. The Kier molecular flexibility index (Phi) is 6.84. The van der Waals surface area contributed by atoms with Gasteiger partial charge in [0.25, 0.3) is 5.91 Å². The predicted octanol–water partition coefficient (Wildman–Crippen LogP) is 4.70. The van der Waals surface area contributed by atoms with Crippen LogP contribution in [-0.4, -0.2) is 67.4 Å². The molecule has 190 valence electrons. The molecule has 5 rings (SSSR count). The van der Waals surface area contributed by atoms with E-state index in [4.69, 9.17) is 5.10 Å². The summed E-state index contributed by atoms with van der Waals surface area (Å²) in [5.74, 6) is 0.159. The Bertz CT molecular complexity index is 1270. The van der Waals surface area contributed by atoms with Gasteiger partial charge in [-0.05, 0) is 75.9 Å². The van der Waals surface area contributed by atoms with Gasteiger partial charge in [-0.1, -0.05) is 26.8 Å². The molecule has 0 bridgehead atoms. The zero-order valence-electron chi connectivity index (χ0n) is 22.2. The van der Waals surface area contributed by atoms with Crippen LogP contribution < -0.4 is 0 Å². The summed E-state index contributed by atoms with van der Waals surface area (Å²) in [7, 11) is 0. The first-order valence-electron chi connectivity index (χ1n) is 13.4. The maximum atomic E-state index is 13.6. The average molecular weight is 487 g/mol. The third-order valence-electron chi connectivity index (χ3n) is 7.91. The van der Waals surface area contributed by atoms with Crippen molar-refractivity contribution in [1.29, 1.82) is 0 Å². The summed E-state index contributed by atoms with van der Waals surface area (Å²) in [6.07, 6.45) is 15.4. The van der Waals surface area contributed by atoms with E-state index in [1.807, 2.05) is 35.7 Å². The van der Waals surface area contributed by atoms with E-state index in [0.717, 1.165) is 85.0 Å². The number of carbonyl (C=O) groups excluding carboxylic acids is 1. The predicted molar refractivity (Wildman–Crippen MR) is 144 cm³/mol. The smallest absolute Gasteiger partial charge is 0.255 e. The fourth-order valence-electron chi connectivity index (χ4n) is 5.80. The molecule has 0 spiro atoms. The van der Waals surface area contributed by atoms with Gasteiger partial charge in [0.2, 0.25) is 0 Å². The Balaban J connectivity index is 1.39. The van der Waals surface area contributed by atoms with Crippen molar-refractivity contribution < 1.29 is 4.79 Å². The molecule has 7 heteroatoms. The van der Waals surface area contributed by atoms with Gasteiger partial charge < -0.3 is 9.80 Å². The van der Waals surface area contributed by atoms with E-state index in [2.05, 4.69) is 59.8 Å². The Labute approximate surface area is 214 Å². The second-order valence-corrected chi connectivity index (χ2v) is 10.2. The number of carbonyl (C=O) groups is 1. The highest BCUT2D eigenvalue weighted by Gasteiger charge is 2.28. The molecule has 1 atom stereocenters. The van der Waals surface area contributed by atoms with E-state index in [1.54, 1.807) is 6.08 Å². The topological polar surface area (TPSA) is 57.0 Å². The van der Waals surface area contributed by atoms with E-state index in [9.17, 15) is 4.79 Å². The molecule has 2 aromatic heterocycles. The Morgan fingerprint density at radius 2 is 1.81 bits per heavy atom. The number of aromatic nitrogens is 3. The lowest BCUT2D eigenvalue weighted by molar-refractivity contribution is -0.122. The molecule has 0 aromatic carbocycles. The molecule has 1 unspecified atom stereocenters. The van der Waals surface area contributed by atoms with Gasteiger partial charge in [-0.15, -0.1) is 0 Å². The number of nitrogens with zero attached hydrogens (tertiary/aromatic N) is 6. The quantitative estimate of drug-likeness (QED) is 0.613. The average Bonchev–Trinajstić information content (AvgIpc) is 3.30. The van der Waals surface area contributed by atoms with Crippen molar-refractivity contribution in [2.75, 3.05) is 26.2 Å². The van der Waals surface area contributed by atoms with Crippen LogP contribution in [-0.2, 0) is 4.79 Å². The van der Waals surface area contributed by atoms with Gasteiger partial charge in [0.05, 0.1) is 34.5 Å². The highest BCUT2D eigenvalue weighted by molar-refractivity contribution is 5.98. The molecule has 0 N–H and O–H groups in total. The van der Waals surface area contributed by atoms with Crippen LogP contribution >= 0.6 is 0 Å². The number of piperidine rings is 1. The van der Waals surface area contributed by atoms with Crippen molar-refractivity contribution in [2.45, 2.75) is 59.9 Å². The summed E-state index contributed by atoms with van der Waals surface area (Å²) in [4.78, 5) is 24.9. The van der Waals surface area contributed by atoms with Crippen molar-refractivity contribution >= 4 is 17.0 Å². The molecule has 1 saturated heterocycles. The number of fused-ring (bicyclic) bond motifs is 2. The molecule has 3 aliphatic rings. The van der Waals surface area contributed by atoms with Crippen LogP contribution in [0.4, 0.5) is 0 Å². The minimum atomic E-state index is -0.0224. The minimum absolute atomic E-state index is 0.0224.